The number of nitrogens with zero attached hydrogens (tertiary/aromatic N) is 4. The van der Waals surface area contributed by atoms with Crippen LogP contribution >= 0.6 is 0 Å². The molecule has 0 radical (unpaired) electrons. The van der Waals surface area contributed by atoms with Crippen molar-refractivity contribution in [2.45, 2.75) is 0 Å². The van der Waals surface area contributed by atoms with E-state index >= 15 is 0 Å². The molecular formula is C13H14N4O4. The Labute approximate surface area is 119 Å². The summed E-state index contributed by atoms with van der Waals surface area (Å²) >= 11 is 0. The van der Waals surface area contributed by atoms with E-state index in [2.05, 4.69) is 9.88 Å². The van der Waals surface area contributed by atoms with Gasteiger partial charge in [-0.2, -0.15) is 4.98 Å². The van der Waals surface area contributed by atoms with Gasteiger partial charge >= 0.3 is 11.7 Å². The maximum Gasteiger partial charge on any atom is 0.312 e. The van der Waals surface area contributed by atoms with Gasteiger partial charge in [-0.25, -0.2) is 0 Å². The van der Waals surface area contributed by atoms with E-state index in [9.17, 15) is 14.9 Å². The van der Waals surface area contributed by atoms with Crippen LogP contribution < -0.4 is 10.5 Å². The summed E-state index contributed by atoms with van der Waals surface area (Å²) in [6, 6.07) is 4.40. The number of para-hydroxylation sites is 1. The number of hydrogen-bond donors (Lipinski definition) is 0. The Morgan fingerprint density at radius 1 is 1.29 bits per heavy atom. The maximum absolute atomic E-state index is 12.1. The van der Waals surface area contributed by atoms with Crippen LogP contribution in [0.1, 0.15) is 0 Å². The summed E-state index contributed by atoms with van der Waals surface area (Å²) in [7, 11) is 2.01. The molecule has 1 fully saturated rings. The van der Waals surface area contributed by atoms with Crippen molar-refractivity contribution in [2.24, 2.45) is 0 Å². The molecule has 1 aromatic heterocycles. The van der Waals surface area contributed by atoms with Crippen LogP contribution in [-0.2, 0) is 0 Å². The first-order valence-electron chi connectivity index (χ1n) is 6.58. The van der Waals surface area contributed by atoms with Gasteiger partial charge in [-0.1, -0.05) is 6.07 Å². The lowest BCUT2D eigenvalue weighted by atomic mass is 10.2. The Kier molecular flexibility index (Phi) is 3.30. The van der Waals surface area contributed by atoms with E-state index in [4.69, 9.17) is 4.42 Å². The first-order chi connectivity index (χ1) is 10.1. The third-order valence-corrected chi connectivity index (χ3v) is 3.59. The average molecular weight is 290 g/mol. The summed E-state index contributed by atoms with van der Waals surface area (Å²) in [5, 5.41) is 11.2. The van der Waals surface area contributed by atoms with Crippen LogP contribution in [0.3, 0.4) is 0 Å². The molecule has 8 heteroatoms. The van der Waals surface area contributed by atoms with Crippen LogP contribution in [0.5, 0.6) is 0 Å². The summed E-state index contributed by atoms with van der Waals surface area (Å²) in [5.74, 6) is 0. The lowest BCUT2D eigenvalue weighted by Crippen LogP contribution is -2.45. The number of non-ortho nitro benzene ring substituents is 1. The van der Waals surface area contributed by atoms with Gasteiger partial charge in [-0.15, -0.1) is 0 Å². The number of benzene rings is 1. The number of likely N-dealkylation sites (N-methyl/N-ethyl adjacent to an activating group) is 1. The van der Waals surface area contributed by atoms with E-state index in [0.717, 1.165) is 13.1 Å². The zero-order chi connectivity index (χ0) is 15.0. The van der Waals surface area contributed by atoms with Gasteiger partial charge < -0.3 is 14.2 Å². The molecule has 0 aliphatic carbocycles. The summed E-state index contributed by atoms with van der Waals surface area (Å²) < 4.78 is 5.56. The lowest BCUT2D eigenvalue weighted by Gasteiger charge is -2.31. The Bertz CT molecular complexity index is 749. The van der Waals surface area contributed by atoms with Gasteiger partial charge in [0, 0.05) is 32.2 Å². The molecule has 1 aliphatic heterocycles. The number of aromatic nitrogens is 1. The summed E-state index contributed by atoms with van der Waals surface area (Å²) in [6.45, 7) is 2.97. The highest BCUT2D eigenvalue weighted by Gasteiger charge is 2.22. The molecule has 1 aliphatic rings. The van der Waals surface area contributed by atoms with Crippen LogP contribution in [0.25, 0.3) is 11.0 Å². The fraction of sp³-hybridized carbons (Fsp3) is 0.385. The number of nitro benzene ring substituents is 1. The van der Waals surface area contributed by atoms with Gasteiger partial charge in [0.05, 0.1) is 10.3 Å². The highest BCUT2D eigenvalue weighted by molar-refractivity contribution is 5.84. The smallest absolute Gasteiger partial charge is 0.312 e. The summed E-state index contributed by atoms with van der Waals surface area (Å²) in [6.07, 6.45) is 0. The van der Waals surface area contributed by atoms with Gasteiger partial charge in [-0.05, 0) is 13.1 Å². The van der Waals surface area contributed by atoms with Gasteiger partial charge in [0.1, 0.15) is 0 Å². The predicted molar refractivity (Wildman–Crippen MR) is 76.6 cm³/mol. The third-order valence-electron chi connectivity index (χ3n) is 3.59. The van der Waals surface area contributed by atoms with Crippen LogP contribution in [0.2, 0.25) is 0 Å². The van der Waals surface area contributed by atoms with E-state index < -0.39 is 10.5 Å². The number of anilines is 1. The quantitative estimate of drug-likeness (QED) is 0.598. The molecule has 0 N–H and O–H groups in total. The van der Waals surface area contributed by atoms with Crippen LogP contribution in [-0.4, -0.2) is 48.0 Å². The average Bonchev–Trinajstić information content (AvgIpc) is 2.47. The Hall–Kier alpha value is -2.48. The fourth-order valence-electron chi connectivity index (χ4n) is 2.34. The first-order valence-corrected chi connectivity index (χ1v) is 6.58. The van der Waals surface area contributed by atoms with Crippen LogP contribution in [0, 0.1) is 10.1 Å². The van der Waals surface area contributed by atoms with Crippen molar-refractivity contribution in [1.82, 2.24) is 9.88 Å². The maximum atomic E-state index is 12.1. The Morgan fingerprint density at radius 2 is 2.00 bits per heavy atom. The minimum absolute atomic E-state index is 0.0172. The van der Waals surface area contributed by atoms with E-state index in [1.807, 2.05) is 11.9 Å². The van der Waals surface area contributed by atoms with Crippen molar-refractivity contribution < 1.29 is 9.34 Å². The molecule has 0 bridgehead atoms. The number of rotatable bonds is 2. The summed E-state index contributed by atoms with van der Waals surface area (Å²) in [4.78, 5) is 30.4. The minimum Gasteiger partial charge on any atom is -0.417 e. The number of fused-ring (bicyclic) bond motifs is 1. The lowest BCUT2D eigenvalue weighted by molar-refractivity contribution is -0.383. The highest BCUT2D eigenvalue weighted by atomic mass is 16.6. The van der Waals surface area contributed by atoms with Gasteiger partial charge in [0.15, 0.2) is 0 Å². The molecule has 0 unspecified atom stereocenters. The SMILES string of the molecule is CN1CCN(c2nc(=O)c3cccc([N+](=O)[O-])c3o2)CC1. The second-order valence-electron chi connectivity index (χ2n) is 5.00. The Balaban J connectivity index is 2.11. The van der Waals surface area contributed by atoms with Gasteiger partial charge in [-0.3, -0.25) is 14.9 Å². The number of nitro groups is 1. The third kappa shape index (κ3) is 2.45. The van der Waals surface area contributed by atoms with Crippen molar-refractivity contribution >= 4 is 22.7 Å². The molecule has 0 spiro atoms. The number of hydrogen-bond acceptors (Lipinski definition) is 7. The van der Waals surface area contributed by atoms with E-state index in [1.54, 1.807) is 0 Å². The van der Waals surface area contributed by atoms with Crippen molar-refractivity contribution in [3.05, 3.63) is 38.7 Å². The monoisotopic (exact) mass is 290 g/mol. The molecule has 1 saturated heterocycles. The molecule has 0 amide bonds. The molecule has 2 aromatic rings. The fourth-order valence-corrected chi connectivity index (χ4v) is 2.34. The van der Waals surface area contributed by atoms with Crippen molar-refractivity contribution in [3.8, 4) is 0 Å². The second-order valence-corrected chi connectivity index (χ2v) is 5.00. The zero-order valence-electron chi connectivity index (χ0n) is 11.5. The standard InChI is InChI=1S/C13H14N4O4/c1-15-5-7-16(8-6-15)13-14-12(18)9-3-2-4-10(17(19)20)11(9)21-13/h2-4H,5-8H2,1H3. The minimum atomic E-state index is -0.557. The molecule has 1 aromatic carbocycles. The van der Waals surface area contributed by atoms with Crippen LogP contribution in [0.15, 0.2) is 27.4 Å². The van der Waals surface area contributed by atoms with Gasteiger partial charge in [0.2, 0.25) is 5.58 Å². The number of piperazine rings is 1. The van der Waals surface area contributed by atoms with Crippen molar-refractivity contribution in [2.75, 3.05) is 38.1 Å². The molecular weight excluding hydrogens is 276 g/mol. The van der Waals surface area contributed by atoms with E-state index in [-0.39, 0.29) is 22.7 Å². The van der Waals surface area contributed by atoms with E-state index in [0.29, 0.717) is 13.1 Å². The topological polar surface area (TPSA) is 92.7 Å². The molecule has 110 valence electrons. The second kappa shape index (κ2) is 5.13. The molecule has 2 heterocycles. The molecule has 3 rings (SSSR count). The molecule has 0 saturated carbocycles. The molecule has 8 nitrogen and oxygen atoms in total. The molecule has 0 atom stereocenters. The summed E-state index contributed by atoms with van der Waals surface area (Å²) in [5.41, 5.74) is -0.743. The predicted octanol–water partition coefficient (Wildman–Crippen LogP) is 0.848. The van der Waals surface area contributed by atoms with Crippen molar-refractivity contribution in [1.29, 1.82) is 0 Å². The normalized spacial score (nSPS) is 16.3. The van der Waals surface area contributed by atoms with Gasteiger partial charge in [0.25, 0.3) is 5.56 Å². The molecule has 21 heavy (non-hydrogen) atoms. The first kappa shape index (κ1) is 13.5. The highest BCUT2D eigenvalue weighted by Crippen LogP contribution is 2.26. The van der Waals surface area contributed by atoms with Crippen molar-refractivity contribution in [3.63, 3.8) is 0 Å². The van der Waals surface area contributed by atoms with E-state index in [1.165, 1.54) is 18.2 Å². The Morgan fingerprint density at radius 3 is 2.67 bits per heavy atom. The van der Waals surface area contributed by atoms with Crippen LogP contribution in [0.4, 0.5) is 11.7 Å². The zero-order valence-corrected chi connectivity index (χ0v) is 11.5. The largest absolute Gasteiger partial charge is 0.417 e.